The van der Waals surface area contributed by atoms with Gasteiger partial charge in [-0.2, -0.15) is 0 Å². The van der Waals surface area contributed by atoms with Crippen LogP contribution in [0.5, 0.6) is 0 Å². The Morgan fingerprint density at radius 3 is 2.41 bits per heavy atom. The van der Waals surface area contributed by atoms with Crippen LogP contribution in [0.1, 0.15) is 30.0 Å². The molecule has 6 rings (SSSR count). The summed E-state index contributed by atoms with van der Waals surface area (Å²) in [6.45, 7) is 6.71. The number of hydrogen-bond acceptors (Lipinski definition) is 5. The van der Waals surface area contributed by atoms with Crippen molar-refractivity contribution in [1.29, 1.82) is 0 Å². The number of aliphatic hydroxyl groups excluding tert-OH is 1. The third-order valence-electron chi connectivity index (χ3n) is 9.24. The van der Waals surface area contributed by atoms with E-state index >= 15 is 0 Å². The van der Waals surface area contributed by atoms with E-state index in [4.69, 9.17) is 4.74 Å². The van der Waals surface area contributed by atoms with Crippen molar-refractivity contribution >= 4 is 23.4 Å². The van der Waals surface area contributed by atoms with Crippen LogP contribution in [0.25, 0.3) is 0 Å². The van der Waals surface area contributed by atoms with Gasteiger partial charge in [-0.05, 0) is 43.0 Å². The van der Waals surface area contributed by atoms with Crippen molar-refractivity contribution in [2.24, 2.45) is 11.8 Å². The third kappa shape index (κ3) is 4.15. The van der Waals surface area contributed by atoms with Gasteiger partial charge >= 0.3 is 0 Å². The van der Waals surface area contributed by atoms with E-state index in [0.29, 0.717) is 26.1 Å². The molecule has 2 fully saturated rings. The molecule has 2 aromatic carbocycles. The number of benzene rings is 2. The summed E-state index contributed by atoms with van der Waals surface area (Å²) < 4.78 is 6.99. The van der Waals surface area contributed by atoms with Gasteiger partial charge in [0.1, 0.15) is 11.6 Å². The lowest BCUT2D eigenvalue weighted by molar-refractivity contribution is -0.150. The topological polar surface area (TPSA) is 90.4 Å². The van der Waals surface area contributed by atoms with Gasteiger partial charge in [0.05, 0.1) is 24.0 Å². The van der Waals surface area contributed by atoms with Crippen LogP contribution < -0.4 is 4.90 Å². The molecule has 4 heterocycles. The molecule has 214 valence electrons. The minimum atomic E-state index is -1.34. The van der Waals surface area contributed by atoms with Gasteiger partial charge in [0.2, 0.25) is 11.8 Å². The van der Waals surface area contributed by atoms with Gasteiger partial charge in [0.25, 0.3) is 5.91 Å². The number of ether oxygens (including phenoxy) is 1. The van der Waals surface area contributed by atoms with E-state index in [1.165, 1.54) is 4.90 Å². The van der Waals surface area contributed by atoms with Gasteiger partial charge in [0, 0.05) is 31.9 Å². The summed E-state index contributed by atoms with van der Waals surface area (Å²) >= 11 is 0. The highest BCUT2D eigenvalue weighted by Gasteiger charge is 2.75. The molecule has 4 aliphatic rings. The maximum absolute atomic E-state index is 14.5. The number of anilines is 1. The summed E-state index contributed by atoms with van der Waals surface area (Å²) in [6, 6.07) is 14.7. The number of aryl methyl sites for hydroxylation is 2. The van der Waals surface area contributed by atoms with Crippen molar-refractivity contribution < 1.29 is 24.2 Å². The molecule has 5 atom stereocenters. The summed E-state index contributed by atoms with van der Waals surface area (Å²) in [5, 5.41) is 9.98. The highest BCUT2D eigenvalue weighted by Crippen LogP contribution is 2.58. The molecular weight excluding hydrogens is 518 g/mol. The lowest BCUT2D eigenvalue weighted by Gasteiger charge is -2.38. The fourth-order valence-electron chi connectivity index (χ4n) is 7.33. The normalized spacial score (nSPS) is 30.8. The molecule has 2 aromatic rings. The van der Waals surface area contributed by atoms with E-state index < -0.39 is 29.1 Å². The van der Waals surface area contributed by atoms with Crippen molar-refractivity contribution in [1.82, 2.24) is 9.80 Å². The summed E-state index contributed by atoms with van der Waals surface area (Å²) in [7, 11) is 0. The van der Waals surface area contributed by atoms with E-state index in [0.717, 1.165) is 22.4 Å². The molecule has 0 radical (unpaired) electrons. The molecule has 1 N–H and O–H groups in total. The Morgan fingerprint density at radius 1 is 0.927 bits per heavy atom. The zero-order valence-electron chi connectivity index (χ0n) is 23.8. The number of β-amino-alcohol motifs (C(OH)–C–C–N with tert-alkyl or cyclic N) is 1. The molecule has 1 unspecified atom stereocenters. The average molecular weight is 556 g/mol. The van der Waals surface area contributed by atoms with Crippen LogP contribution in [0.15, 0.2) is 72.8 Å². The number of rotatable bonds is 6. The number of likely N-dealkylation sites (tertiary alicyclic amines) is 1. The van der Waals surface area contributed by atoms with Gasteiger partial charge in [-0.15, -0.1) is 0 Å². The van der Waals surface area contributed by atoms with Crippen molar-refractivity contribution in [3.63, 3.8) is 0 Å². The summed E-state index contributed by atoms with van der Waals surface area (Å²) in [5.74, 6) is -2.46. The second-order valence-electron chi connectivity index (χ2n) is 11.6. The maximum atomic E-state index is 14.5. The molecule has 8 nitrogen and oxygen atoms in total. The molecule has 0 aliphatic carbocycles. The third-order valence-corrected chi connectivity index (χ3v) is 9.24. The lowest BCUT2D eigenvalue weighted by atomic mass is 9.73. The second kappa shape index (κ2) is 10.3. The summed E-state index contributed by atoms with van der Waals surface area (Å²) in [4.78, 5) is 48.2. The number of amides is 3. The minimum Gasteiger partial charge on any atom is -0.395 e. The first kappa shape index (κ1) is 27.4. The number of fused-ring (bicyclic) bond motifs is 2. The Balaban J connectivity index is 1.46. The quantitative estimate of drug-likeness (QED) is 0.553. The Bertz CT molecular complexity index is 1440. The molecule has 3 amide bonds. The zero-order valence-corrected chi connectivity index (χ0v) is 23.8. The van der Waals surface area contributed by atoms with Gasteiger partial charge in [0.15, 0.2) is 0 Å². The van der Waals surface area contributed by atoms with Gasteiger partial charge < -0.3 is 24.5 Å². The van der Waals surface area contributed by atoms with E-state index in [-0.39, 0.29) is 30.9 Å². The van der Waals surface area contributed by atoms with Crippen LogP contribution in [0.2, 0.25) is 0 Å². The molecule has 0 saturated carbocycles. The van der Waals surface area contributed by atoms with Crippen LogP contribution >= 0.6 is 0 Å². The minimum absolute atomic E-state index is 0.0189. The SMILES string of the molecule is CC[C@]12C=CCN(Cc3ccccc3)C(=O)[C@H]1[C@H]1C(=O)N(CCO)C3C(=O)N(c4cc(C)ccc4C)CC=C[C@@]31O2. The largest absolute Gasteiger partial charge is 0.395 e. The first-order valence-electron chi connectivity index (χ1n) is 14.4. The summed E-state index contributed by atoms with van der Waals surface area (Å²) in [5.41, 5.74) is 1.36. The van der Waals surface area contributed by atoms with Gasteiger partial charge in [-0.3, -0.25) is 14.4 Å². The number of aliphatic hydroxyl groups is 1. The van der Waals surface area contributed by atoms with Crippen LogP contribution in [-0.2, 0) is 25.7 Å². The van der Waals surface area contributed by atoms with Crippen molar-refractivity contribution in [2.45, 2.75) is 51.0 Å². The van der Waals surface area contributed by atoms with Crippen LogP contribution in [-0.4, -0.2) is 76.1 Å². The van der Waals surface area contributed by atoms with Gasteiger partial charge in [-0.25, -0.2) is 0 Å². The first-order valence-corrected chi connectivity index (χ1v) is 14.4. The van der Waals surface area contributed by atoms with Crippen LogP contribution in [0.4, 0.5) is 5.69 Å². The Morgan fingerprint density at radius 2 is 1.68 bits per heavy atom. The second-order valence-corrected chi connectivity index (χ2v) is 11.6. The van der Waals surface area contributed by atoms with E-state index in [1.807, 2.05) is 93.6 Å². The van der Waals surface area contributed by atoms with Crippen molar-refractivity contribution in [2.75, 3.05) is 31.1 Å². The maximum Gasteiger partial charge on any atom is 0.253 e. The fourth-order valence-corrected chi connectivity index (χ4v) is 7.33. The Kier molecular flexibility index (Phi) is 6.86. The zero-order chi connectivity index (χ0) is 28.9. The molecule has 2 saturated heterocycles. The van der Waals surface area contributed by atoms with Crippen molar-refractivity contribution in [3.05, 3.63) is 89.5 Å². The highest BCUT2D eigenvalue weighted by molar-refractivity contribution is 6.06. The van der Waals surface area contributed by atoms with Crippen molar-refractivity contribution in [3.8, 4) is 0 Å². The number of carbonyl (C=O) groups excluding carboxylic acids is 3. The summed E-state index contributed by atoms with van der Waals surface area (Å²) in [6.07, 6.45) is 8.12. The fraction of sp³-hybridized carbons (Fsp3) is 0.424. The molecule has 41 heavy (non-hydrogen) atoms. The monoisotopic (exact) mass is 555 g/mol. The smallest absolute Gasteiger partial charge is 0.253 e. The first-order chi connectivity index (χ1) is 19.8. The number of carbonyl (C=O) groups is 3. The standard InChI is InChI=1S/C33H37N3O5/c1-4-32-14-8-16-34(21-24-10-6-5-7-11-24)29(38)26(32)27-30(39)36(18-19-37)28-31(40)35(17-9-15-33(27,28)41-32)25-20-22(2)12-13-23(25)3/h5-15,20,26-28,37H,4,16-19,21H2,1-3H3/t26-,27+,28?,32+,33+/m1/s1. The average Bonchev–Trinajstić information content (AvgIpc) is 3.25. The molecule has 1 spiro atoms. The number of hydrogen-bond donors (Lipinski definition) is 1. The predicted octanol–water partition coefficient (Wildman–Crippen LogP) is 3.16. The molecule has 0 bridgehead atoms. The lowest BCUT2D eigenvalue weighted by Crippen LogP contribution is -2.56. The van der Waals surface area contributed by atoms with E-state index in [2.05, 4.69) is 0 Å². The van der Waals surface area contributed by atoms with E-state index in [1.54, 1.807) is 9.80 Å². The Labute approximate surface area is 240 Å². The van der Waals surface area contributed by atoms with Gasteiger partial charge in [-0.1, -0.05) is 73.7 Å². The Hall–Kier alpha value is -3.75. The van der Waals surface area contributed by atoms with Crippen LogP contribution in [0, 0.1) is 25.7 Å². The molecular formula is C33H37N3O5. The van der Waals surface area contributed by atoms with Crippen LogP contribution in [0.3, 0.4) is 0 Å². The predicted molar refractivity (Wildman–Crippen MR) is 155 cm³/mol. The highest BCUT2D eigenvalue weighted by atomic mass is 16.5. The molecule has 8 heteroatoms. The van der Waals surface area contributed by atoms with E-state index in [9.17, 15) is 19.5 Å². The molecule has 4 aliphatic heterocycles. The molecule has 0 aromatic heterocycles. The number of nitrogens with zero attached hydrogens (tertiary/aromatic N) is 3.